The molecule has 0 aliphatic heterocycles. The van der Waals surface area contributed by atoms with Crippen molar-refractivity contribution in [1.29, 1.82) is 0 Å². The quantitative estimate of drug-likeness (QED) is 0.187. The Balaban J connectivity index is 0.000000262. The fourth-order valence-corrected chi connectivity index (χ4v) is 9.78. The van der Waals surface area contributed by atoms with E-state index >= 15 is 0 Å². The van der Waals surface area contributed by atoms with Crippen LogP contribution in [0.2, 0.25) is 0 Å². The summed E-state index contributed by atoms with van der Waals surface area (Å²) in [5.74, 6) is -1.67. The minimum Gasteiger partial charge on any atom is -0.481 e. The Morgan fingerprint density at radius 1 is 0.340 bits per heavy atom. The van der Waals surface area contributed by atoms with Crippen molar-refractivity contribution in [2.75, 3.05) is 0 Å². The number of hydrogen-bond donors (Lipinski definition) is 2. The minimum atomic E-state index is -0.877. The minimum absolute atomic E-state index is 0. The Bertz CT molecular complexity index is 1370. The van der Waals surface area contributed by atoms with Crippen LogP contribution in [0.5, 0.6) is 0 Å². The zero-order valence-electron chi connectivity index (χ0n) is 26.3. The molecule has 0 aromatic heterocycles. The summed E-state index contributed by atoms with van der Waals surface area (Å²) < 4.78 is 0. The molecule has 6 aromatic carbocycles. The maximum atomic E-state index is 9.00. The van der Waals surface area contributed by atoms with E-state index in [1.165, 1.54) is 31.8 Å². The fraction of sp³-hybridized carbons (Fsp3) is 0.0500. The molecule has 0 fully saturated rings. The van der Waals surface area contributed by atoms with E-state index in [-0.39, 0.29) is 21.1 Å². The van der Waals surface area contributed by atoms with Gasteiger partial charge >= 0.3 is 0 Å². The van der Waals surface area contributed by atoms with Gasteiger partial charge in [-0.3, -0.25) is 9.59 Å². The monoisotopic (exact) mass is 841 g/mol. The normalized spacial score (nSPS) is 9.62. The summed E-state index contributed by atoms with van der Waals surface area (Å²) in [5, 5.41) is 23.4. The van der Waals surface area contributed by atoms with Gasteiger partial charge in [0.2, 0.25) is 0 Å². The van der Waals surface area contributed by atoms with Gasteiger partial charge in [0, 0.05) is 34.9 Å². The second kappa shape index (κ2) is 22.4. The molecule has 4 nitrogen and oxygen atoms in total. The Morgan fingerprint density at radius 3 is 0.553 bits per heavy atom. The van der Waals surface area contributed by atoms with E-state index in [1.807, 2.05) is 0 Å². The van der Waals surface area contributed by atoms with Gasteiger partial charge in [0.1, 0.15) is 31.8 Å². The summed E-state index contributed by atoms with van der Waals surface area (Å²) >= 11 is 0. The zero-order valence-corrected chi connectivity index (χ0v) is 30.6. The van der Waals surface area contributed by atoms with Crippen molar-refractivity contribution in [1.82, 2.24) is 0 Å². The molecular formula is C40H40O4P2Pt+2. The van der Waals surface area contributed by atoms with Crippen molar-refractivity contribution in [3.63, 3.8) is 0 Å². The number of carbonyl (C=O) groups is 2. The van der Waals surface area contributed by atoms with Crippen molar-refractivity contribution >= 4 is 59.6 Å². The average Bonchev–Trinajstić information content (AvgIpc) is 3.08. The second-order valence-electron chi connectivity index (χ2n) is 9.98. The van der Waals surface area contributed by atoms with Crippen molar-refractivity contribution in [2.24, 2.45) is 0 Å². The summed E-state index contributed by atoms with van der Waals surface area (Å²) in [7, 11) is -1.75. The summed E-state index contributed by atoms with van der Waals surface area (Å²) in [4.78, 5) is 18.0. The Labute approximate surface area is 294 Å². The standard InChI is InChI=1S/2C18H15P.2C2H4O2.Pt/c2*1-4-10-16(11-5-1)19(17-12-6-2-7-13-17)18-14-8-3-9-15-18;2*1-2(3)4;/h2*1-15H;2*1H3,(H,3,4);/p+2. The van der Waals surface area contributed by atoms with E-state index in [9.17, 15) is 0 Å². The van der Waals surface area contributed by atoms with Crippen LogP contribution in [0.25, 0.3) is 0 Å². The summed E-state index contributed by atoms with van der Waals surface area (Å²) in [6, 6.07) is 65.0. The van der Waals surface area contributed by atoms with E-state index in [1.54, 1.807) is 0 Å². The van der Waals surface area contributed by atoms with Gasteiger partial charge in [-0.15, -0.1) is 0 Å². The summed E-state index contributed by atoms with van der Waals surface area (Å²) in [6.45, 7) is 2.17. The molecule has 6 rings (SSSR count). The number of aliphatic carboxylic acids is 2. The Kier molecular flexibility index (Phi) is 18.5. The van der Waals surface area contributed by atoms with Crippen LogP contribution < -0.4 is 31.8 Å². The molecule has 6 aromatic rings. The molecule has 0 heterocycles. The molecule has 47 heavy (non-hydrogen) atoms. The topological polar surface area (TPSA) is 74.6 Å². The Hall–Kier alpha value is -4.19. The molecule has 7 heteroatoms. The number of benzene rings is 6. The fourth-order valence-electron chi connectivity index (χ4n) is 4.63. The van der Waals surface area contributed by atoms with E-state index in [0.717, 1.165) is 13.8 Å². The molecule has 0 saturated heterocycles. The largest absolute Gasteiger partial charge is 0.481 e. The van der Waals surface area contributed by atoms with Gasteiger partial charge in [0.05, 0.1) is 15.8 Å². The van der Waals surface area contributed by atoms with Crippen LogP contribution in [0, 0.1) is 0 Å². The van der Waals surface area contributed by atoms with Crippen LogP contribution in [0.15, 0.2) is 182 Å². The van der Waals surface area contributed by atoms with E-state index in [2.05, 4.69) is 182 Å². The van der Waals surface area contributed by atoms with Crippen LogP contribution in [0.3, 0.4) is 0 Å². The van der Waals surface area contributed by atoms with Gasteiger partial charge in [-0.25, -0.2) is 0 Å². The molecule has 0 aliphatic carbocycles. The third-order valence-electron chi connectivity index (χ3n) is 6.37. The number of carboxylic acid groups (broad SMARTS) is 2. The number of rotatable bonds is 6. The van der Waals surface area contributed by atoms with E-state index in [0.29, 0.717) is 0 Å². The summed E-state index contributed by atoms with van der Waals surface area (Å²) in [6.07, 6.45) is 0. The molecule has 0 saturated carbocycles. The number of carboxylic acids is 2. The molecule has 2 N–H and O–H groups in total. The van der Waals surface area contributed by atoms with Crippen LogP contribution in [-0.4, -0.2) is 22.2 Å². The predicted octanol–water partition coefficient (Wildman–Crippen LogP) is 6.53. The molecule has 0 aliphatic rings. The first kappa shape index (κ1) is 39.0. The molecule has 0 radical (unpaired) electrons. The first-order valence-electron chi connectivity index (χ1n) is 14.8. The van der Waals surface area contributed by atoms with Gasteiger partial charge in [-0.2, -0.15) is 0 Å². The molecule has 0 amide bonds. The van der Waals surface area contributed by atoms with Crippen LogP contribution in [0.4, 0.5) is 0 Å². The predicted molar refractivity (Wildman–Crippen MR) is 200 cm³/mol. The smallest absolute Gasteiger partial charge is 0.300 e. The van der Waals surface area contributed by atoms with Crippen molar-refractivity contribution in [3.05, 3.63) is 182 Å². The van der Waals surface area contributed by atoms with Crippen molar-refractivity contribution < 1.29 is 40.9 Å². The van der Waals surface area contributed by atoms with Crippen LogP contribution in [0.1, 0.15) is 13.8 Å². The van der Waals surface area contributed by atoms with Crippen molar-refractivity contribution in [2.45, 2.75) is 13.8 Å². The van der Waals surface area contributed by atoms with Gasteiger partial charge in [0.25, 0.3) is 11.9 Å². The zero-order chi connectivity index (χ0) is 33.0. The van der Waals surface area contributed by atoms with Crippen LogP contribution >= 0.6 is 15.8 Å². The average molecular weight is 842 g/mol. The molecule has 242 valence electrons. The SMILES string of the molecule is CC(=O)O.CC(=O)O.[Pt].c1ccc([PH+](c2ccccc2)c2ccccc2)cc1.c1ccc([PH+](c2ccccc2)c2ccccc2)cc1. The second-order valence-corrected chi connectivity index (χ2v) is 14.9. The van der Waals surface area contributed by atoms with Gasteiger partial charge in [-0.05, 0) is 72.8 Å². The first-order chi connectivity index (χ1) is 22.4. The van der Waals surface area contributed by atoms with Crippen LogP contribution in [-0.2, 0) is 30.7 Å². The number of hydrogen-bond acceptors (Lipinski definition) is 2. The molecule has 0 bridgehead atoms. The van der Waals surface area contributed by atoms with Crippen molar-refractivity contribution in [3.8, 4) is 0 Å². The molecule has 0 atom stereocenters. The molecule has 0 spiro atoms. The maximum Gasteiger partial charge on any atom is 0.300 e. The third kappa shape index (κ3) is 14.4. The maximum absolute atomic E-state index is 9.00. The Morgan fingerprint density at radius 2 is 0.447 bits per heavy atom. The van der Waals surface area contributed by atoms with E-state index in [4.69, 9.17) is 19.8 Å². The first-order valence-corrected chi connectivity index (χ1v) is 17.8. The van der Waals surface area contributed by atoms with E-state index < -0.39 is 27.8 Å². The molecule has 0 unspecified atom stereocenters. The van der Waals surface area contributed by atoms with Gasteiger partial charge in [-0.1, -0.05) is 109 Å². The van der Waals surface area contributed by atoms with Gasteiger partial charge in [0.15, 0.2) is 0 Å². The summed E-state index contributed by atoms with van der Waals surface area (Å²) in [5.41, 5.74) is 0. The molecular weight excluding hydrogens is 801 g/mol. The van der Waals surface area contributed by atoms with Gasteiger partial charge < -0.3 is 10.2 Å². The third-order valence-corrected chi connectivity index (χ3v) is 11.8.